The lowest BCUT2D eigenvalue weighted by molar-refractivity contribution is -0.135. The number of carbonyl (C=O) groups excluding carboxylic acids is 2. The van der Waals surface area contributed by atoms with Gasteiger partial charge < -0.3 is 24.3 Å². The molecule has 8 heteroatoms. The molecular weight excluding hydrogens is 336 g/mol. The predicted molar refractivity (Wildman–Crippen MR) is 95.7 cm³/mol. The molecule has 1 saturated heterocycles. The van der Waals surface area contributed by atoms with Crippen LogP contribution < -0.4 is 5.32 Å². The molecule has 0 saturated carbocycles. The average Bonchev–Trinajstić information content (AvgIpc) is 3.00. The summed E-state index contributed by atoms with van der Waals surface area (Å²) in [7, 11) is 1.48. The molecule has 1 aliphatic rings. The van der Waals surface area contributed by atoms with Crippen LogP contribution in [0.5, 0.6) is 0 Å². The zero-order valence-electron chi connectivity index (χ0n) is 14.9. The van der Waals surface area contributed by atoms with Crippen LogP contribution in [0.1, 0.15) is 5.82 Å². The Morgan fingerprint density at radius 2 is 2.04 bits per heavy atom. The van der Waals surface area contributed by atoms with Crippen molar-refractivity contribution in [3.8, 4) is 0 Å². The third-order valence-electron chi connectivity index (χ3n) is 4.34. The molecule has 1 aromatic heterocycles. The van der Waals surface area contributed by atoms with Crippen LogP contribution in [0, 0.1) is 0 Å². The fourth-order valence-electron chi connectivity index (χ4n) is 3.04. The van der Waals surface area contributed by atoms with Gasteiger partial charge in [-0.3, -0.25) is 9.59 Å². The maximum absolute atomic E-state index is 12.7. The van der Waals surface area contributed by atoms with Crippen LogP contribution in [-0.2, 0) is 32.0 Å². The third-order valence-corrected chi connectivity index (χ3v) is 4.34. The number of hydrogen-bond acceptors (Lipinski definition) is 5. The summed E-state index contributed by atoms with van der Waals surface area (Å²) in [5.41, 5.74) is 1.77. The number of morpholine rings is 1. The molecule has 0 atom stereocenters. The summed E-state index contributed by atoms with van der Waals surface area (Å²) in [6, 6.07) is 7.75. The molecule has 140 valence electrons. The van der Waals surface area contributed by atoms with Crippen molar-refractivity contribution in [3.63, 3.8) is 0 Å². The first-order valence-electron chi connectivity index (χ1n) is 8.74. The number of nitrogens with zero attached hydrogens (tertiary/aromatic N) is 3. The van der Waals surface area contributed by atoms with Crippen LogP contribution in [-0.4, -0.2) is 72.8 Å². The first-order valence-corrected chi connectivity index (χ1v) is 8.74. The van der Waals surface area contributed by atoms with E-state index in [1.54, 1.807) is 0 Å². The molecule has 26 heavy (non-hydrogen) atoms. The minimum Gasteiger partial charge on any atom is -0.378 e. The summed E-state index contributed by atoms with van der Waals surface area (Å²) >= 11 is 0. The Balaban J connectivity index is 1.73. The Hall–Kier alpha value is -2.45. The highest BCUT2D eigenvalue weighted by molar-refractivity contribution is 5.81. The largest absolute Gasteiger partial charge is 0.378 e. The molecule has 0 radical (unpaired) electrons. The highest BCUT2D eigenvalue weighted by Gasteiger charge is 2.20. The third kappa shape index (κ3) is 4.39. The van der Waals surface area contributed by atoms with Crippen molar-refractivity contribution in [1.29, 1.82) is 0 Å². The topological polar surface area (TPSA) is 85.7 Å². The first-order chi connectivity index (χ1) is 12.7. The van der Waals surface area contributed by atoms with Crippen molar-refractivity contribution in [2.75, 3.05) is 46.6 Å². The molecule has 1 aromatic carbocycles. The van der Waals surface area contributed by atoms with E-state index in [9.17, 15) is 9.59 Å². The number of nitrogens with one attached hydrogen (secondary N) is 1. The van der Waals surface area contributed by atoms with E-state index in [1.807, 2.05) is 33.7 Å². The number of aromatic nitrogens is 2. The quantitative estimate of drug-likeness (QED) is 0.762. The minimum absolute atomic E-state index is 0.0337. The molecule has 0 aliphatic carbocycles. The van der Waals surface area contributed by atoms with Crippen molar-refractivity contribution >= 4 is 22.8 Å². The number of fused-ring (bicyclic) bond motifs is 1. The van der Waals surface area contributed by atoms with E-state index < -0.39 is 0 Å². The number of imidazole rings is 1. The van der Waals surface area contributed by atoms with E-state index in [0.717, 1.165) is 16.9 Å². The normalized spacial score (nSPS) is 14.6. The summed E-state index contributed by atoms with van der Waals surface area (Å²) in [4.78, 5) is 30.7. The van der Waals surface area contributed by atoms with Gasteiger partial charge in [0.05, 0.1) is 24.2 Å². The number of methoxy groups -OCH3 is 1. The Morgan fingerprint density at radius 3 is 2.81 bits per heavy atom. The Kier molecular flexibility index (Phi) is 6.19. The van der Waals surface area contributed by atoms with E-state index in [2.05, 4.69) is 10.3 Å². The van der Waals surface area contributed by atoms with Crippen LogP contribution in [0.2, 0.25) is 0 Å². The molecule has 2 aromatic rings. The fourth-order valence-corrected chi connectivity index (χ4v) is 3.04. The second kappa shape index (κ2) is 8.77. The number of benzene rings is 1. The molecule has 1 fully saturated rings. The van der Waals surface area contributed by atoms with E-state index >= 15 is 0 Å². The van der Waals surface area contributed by atoms with Crippen molar-refractivity contribution in [2.45, 2.75) is 13.0 Å². The van der Waals surface area contributed by atoms with Crippen molar-refractivity contribution < 1.29 is 19.1 Å². The zero-order valence-corrected chi connectivity index (χ0v) is 14.9. The lowest BCUT2D eigenvalue weighted by atomic mass is 10.3. The summed E-state index contributed by atoms with van der Waals surface area (Å²) in [5.74, 6) is 0.672. The van der Waals surface area contributed by atoms with Crippen LogP contribution in [0.4, 0.5) is 0 Å². The molecule has 3 rings (SSSR count). The van der Waals surface area contributed by atoms with Gasteiger partial charge in [0, 0.05) is 33.2 Å². The van der Waals surface area contributed by atoms with Crippen molar-refractivity contribution in [1.82, 2.24) is 19.8 Å². The van der Waals surface area contributed by atoms with E-state index in [4.69, 9.17) is 9.47 Å². The van der Waals surface area contributed by atoms with Crippen LogP contribution >= 0.6 is 0 Å². The number of rotatable bonds is 7. The van der Waals surface area contributed by atoms with Gasteiger partial charge in [-0.05, 0) is 12.1 Å². The first kappa shape index (κ1) is 18.3. The SMILES string of the molecule is COCC(=O)NCCc1nc2ccccc2n1CC(=O)N1CCOCC1. The average molecular weight is 360 g/mol. The van der Waals surface area contributed by atoms with Gasteiger partial charge >= 0.3 is 0 Å². The van der Waals surface area contributed by atoms with Gasteiger partial charge in [0.1, 0.15) is 19.0 Å². The molecule has 1 N–H and O–H groups in total. The second-order valence-corrected chi connectivity index (χ2v) is 6.13. The molecular formula is C18H24N4O4. The van der Waals surface area contributed by atoms with E-state index in [0.29, 0.717) is 39.3 Å². The number of carbonyl (C=O) groups is 2. The molecule has 1 aliphatic heterocycles. The Labute approximate surface area is 152 Å². The molecule has 0 spiro atoms. The summed E-state index contributed by atoms with van der Waals surface area (Å²) < 4.78 is 12.1. The molecule has 0 unspecified atom stereocenters. The Morgan fingerprint density at radius 1 is 1.27 bits per heavy atom. The second-order valence-electron chi connectivity index (χ2n) is 6.13. The van der Waals surface area contributed by atoms with Crippen LogP contribution in [0.25, 0.3) is 11.0 Å². The van der Waals surface area contributed by atoms with Crippen LogP contribution in [0.3, 0.4) is 0 Å². The number of para-hydroxylation sites is 2. The summed E-state index contributed by atoms with van der Waals surface area (Å²) in [5, 5.41) is 2.79. The zero-order chi connectivity index (χ0) is 18.4. The maximum atomic E-state index is 12.7. The maximum Gasteiger partial charge on any atom is 0.245 e. The lowest BCUT2D eigenvalue weighted by Crippen LogP contribution is -2.42. The highest BCUT2D eigenvalue weighted by Crippen LogP contribution is 2.17. The van der Waals surface area contributed by atoms with Crippen LogP contribution in [0.15, 0.2) is 24.3 Å². The van der Waals surface area contributed by atoms with Gasteiger partial charge in [-0.1, -0.05) is 12.1 Å². The van der Waals surface area contributed by atoms with Gasteiger partial charge in [-0.2, -0.15) is 0 Å². The minimum atomic E-state index is -0.167. The van der Waals surface area contributed by atoms with Gasteiger partial charge in [0.2, 0.25) is 11.8 Å². The Bertz CT molecular complexity index is 768. The monoisotopic (exact) mass is 360 g/mol. The molecule has 0 bridgehead atoms. The van der Waals surface area contributed by atoms with E-state index in [1.165, 1.54) is 7.11 Å². The van der Waals surface area contributed by atoms with Gasteiger partial charge in [-0.25, -0.2) is 4.98 Å². The van der Waals surface area contributed by atoms with Gasteiger partial charge in [-0.15, -0.1) is 0 Å². The standard InChI is InChI=1S/C18H24N4O4/c1-25-13-17(23)19-7-6-16-20-14-4-2-3-5-15(14)22(16)12-18(24)21-8-10-26-11-9-21/h2-5H,6-13H2,1H3,(H,19,23). The molecule has 2 amide bonds. The molecule has 2 heterocycles. The highest BCUT2D eigenvalue weighted by atomic mass is 16.5. The fraction of sp³-hybridized carbons (Fsp3) is 0.500. The van der Waals surface area contributed by atoms with Crippen molar-refractivity contribution in [2.24, 2.45) is 0 Å². The lowest BCUT2D eigenvalue weighted by Gasteiger charge is -2.27. The number of ether oxygens (including phenoxy) is 2. The summed E-state index contributed by atoms with van der Waals surface area (Å²) in [6.45, 7) is 3.11. The van der Waals surface area contributed by atoms with Gasteiger partial charge in [0.15, 0.2) is 0 Å². The number of amides is 2. The smallest absolute Gasteiger partial charge is 0.245 e. The van der Waals surface area contributed by atoms with Gasteiger partial charge in [0.25, 0.3) is 0 Å². The van der Waals surface area contributed by atoms with E-state index in [-0.39, 0.29) is 25.0 Å². The summed E-state index contributed by atoms with van der Waals surface area (Å²) in [6.07, 6.45) is 0.542. The van der Waals surface area contributed by atoms with Crippen molar-refractivity contribution in [3.05, 3.63) is 30.1 Å². The number of hydrogen-bond donors (Lipinski definition) is 1. The molecule has 8 nitrogen and oxygen atoms in total. The predicted octanol–water partition coefficient (Wildman–Crippen LogP) is 0.200.